The van der Waals surface area contributed by atoms with Crippen molar-refractivity contribution in [2.24, 2.45) is 5.92 Å². The number of halogens is 1. The normalized spacial score (nSPS) is 18.5. The molecule has 0 heterocycles. The molecule has 0 saturated heterocycles. The van der Waals surface area contributed by atoms with Crippen LogP contribution in [0.25, 0.3) is 10.8 Å². The van der Waals surface area contributed by atoms with Gasteiger partial charge in [-0.15, -0.1) is 0 Å². The summed E-state index contributed by atoms with van der Waals surface area (Å²) in [6.07, 6.45) is 10.7. The first-order chi connectivity index (χ1) is 15.1. The van der Waals surface area contributed by atoms with E-state index in [2.05, 4.69) is 30.9 Å². The van der Waals surface area contributed by atoms with E-state index in [0.29, 0.717) is 16.9 Å². The van der Waals surface area contributed by atoms with Gasteiger partial charge in [-0.3, -0.25) is 0 Å². The van der Waals surface area contributed by atoms with Crippen molar-refractivity contribution in [3.8, 4) is 11.8 Å². The van der Waals surface area contributed by atoms with Crippen LogP contribution in [0.3, 0.4) is 0 Å². The molecule has 160 valence electrons. The number of aryl methyl sites for hydroxylation is 1. The lowest BCUT2D eigenvalue weighted by Crippen LogP contribution is -2.13. The minimum atomic E-state index is -0.205. The van der Waals surface area contributed by atoms with Gasteiger partial charge in [0, 0.05) is 10.9 Å². The van der Waals surface area contributed by atoms with Gasteiger partial charge in [0.2, 0.25) is 0 Å². The second kappa shape index (κ2) is 10.1. The Labute approximate surface area is 186 Å². The monoisotopic (exact) mass is 412 g/mol. The van der Waals surface area contributed by atoms with E-state index in [1.807, 2.05) is 49.4 Å². The first-order valence-electron chi connectivity index (χ1n) is 11.9. The van der Waals surface area contributed by atoms with E-state index >= 15 is 4.39 Å². The zero-order valence-corrected chi connectivity index (χ0v) is 18.9. The maximum atomic E-state index is 15.1. The third-order valence-corrected chi connectivity index (χ3v) is 6.91. The minimum absolute atomic E-state index is 0.205. The van der Waals surface area contributed by atoms with E-state index in [-0.39, 0.29) is 5.82 Å². The van der Waals surface area contributed by atoms with Crippen LogP contribution in [0.1, 0.15) is 86.5 Å². The lowest BCUT2D eigenvalue weighted by atomic mass is 9.77. The average molecular weight is 413 g/mol. The third kappa shape index (κ3) is 5.37. The summed E-state index contributed by atoms with van der Waals surface area (Å²) < 4.78 is 15.1. The number of rotatable bonds is 5. The molecule has 0 bridgehead atoms. The van der Waals surface area contributed by atoms with Gasteiger partial charge in [-0.05, 0) is 73.6 Å². The molecule has 4 rings (SSSR count). The van der Waals surface area contributed by atoms with Crippen molar-refractivity contribution >= 4 is 10.8 Å². The zero-order valence-electron chi connectivity index (χ0n) is 18.9. The Morgan fingerprint density at radius 1 is 0.871 bits per heavy atom. The molecule has 3 aromatic rings. The maximum absolute atomic E-state index is 15.1. The van der Waals surface area contributed by atoms with Crippen LogP contribution in [0, 0.1) is 30.5 Å². The molecule has 1 fully saturated rings. The molecule has 0 aliphatic heterocycles. The molecule has 0 N–H and O–H groups in total. The standard InChI is InChI=1S/C30H33F/c1-3-4-5-6-23-11-14-25(15-12-23)27-19-20-29-28(21-27)18-17-26(30(29)31)16-13-24-9-7-22(2)8-10-24/h7-10,17-21,23,25H,3-6,11-12,14-15H2,1-2H3. The molecule has 0 amide bonds. The fourth-order valence-electron chi connectivity index (χ4n) is 4.90. The molecule has 1 aliphatic rings. The Hall–Kier alpha value is -2.59. The number of benzene rings is 3. The molecular formula is C30H33F. The van der Waals surface area contributed by atoms with Crippen molar-refractivity contribution in [1.82, 2.24) is 0 Å². The summed E-state index contributed by atoms with van der Waals surface area (Å²) in [6, 6.07) is 18.2. The molecule has 3 aromatic carbocycles. The van der Waals surface area contributed by atoms with Crippen molar-refractivity contribution < 1.29 is 4.39 Å². The Balaban J connectivity index is 1.47. The molecule has 0 radical (unpaired) electrons. The van der Waals surface area contributed by atoms with Gasteiger partial charge in [0.1, 0.15) is 5.82 Å². The van der Waals surface area contributed by atoms with Crippen molar-refractivity contribution in [2.75, 3.05) is 0 Å². The average Bonchev–Trinajstić information content (AvgIpc) is 2.80. The Kier molecular flexibility index (Phi) is 7.08. The van der Waals surface area contributed by atoms with Crippen LogP contribution in [0.2, 0.25) is 0 Å². The summed E-state index contributed by atoms with van der Waals surface area (Å²) in [7, 11) is 0. The lowest BCUT2D eigenvalue weighted by molar-refractivity contribution is 0.303. The maximum Gasteiger partial charge on any atom is 0.146 e. The van der Waals surface area contributed by atoms with Crippen molar-refractivity contribution in [3.63, 3.8) is 0 Å². The van der Waals surface area contributed by atoms with Gasteiger partial charge in [-0.25, -0.2) is 4.39 Å². The Morgan fingerprint density at radius 3 is 2.39 bits per heavy atom. The lowest BCUT2D eigenvalue weighted by Gasteiger charge is -2.29. The molecule has 1 heteroatoms. The van der Waals surface area contributed by atoms with Crippen LogP contribution in [0.15, 0.2) is 54.6 Å². The summed E-state index contributed by atoms with van der Waals surface area (Å²) in [5, 5.41) is 1.66. The van der Waals surface area contributed by atoms with E-state index in [0.717, 1.165) is 16.9 Å². The first kappa shape index (κ1) is 21.6. The first-order valence-corrected chi connectivity index (χ1v) is 11.9. The molecule has 0 unspecified atom stereocenters. The Bertz CT molecular complexity index is 1070. The molecule has 0 spiro atoms. The number of fused-ring (bicyclic) bond motifs is 1. The van der Waals surface area contributed by atoms with Crippen LogP contribution in [-0.2, 0) is 0 Å². The number of unbranched alkanes of at least 4 members (excludes halogenated alkanes) is 2. The predicted octanol–water partition coefficient (Wildman–Crippen LogP) is 8.54. The van der Waals surface area contributed by atoms with Crippen LogP contribution >= 0.6 is 0 Å². The molecule has 0 atom stereocenters. The predicted molar refractivity (Wildman–Crippen MR) is 130 cm³/mol. The van der Waals surface area contributed by atoms with Gasteiger partial charge >= 0.3 is 0 Å². The fourth-order valence-corrected chi connectivity index (χ4v) is 4.90. The highest BCUT2D eigenvalue weighted by Gasteiger charge is 2.22. The van der Waals surface area contributed by atoms with Gasteiger partial charge in [0.15, 0.2) is 0 Å². The number of hydrogen-bond donors (Lipinski definition) is 0. The van der Waals surface area contributed by atoms with E-state index in [1.165, 1.54) is 62.5 Å². The molecule has 1 aliphatic carbocycles. The second-order valence-electron chi connectivity index (χ2n) is 9.24. The molecule has 1 saturated carbocycles. The summed E-state index contributed by atoms with van der Waals surface area (Å²) in [5.74, 6) is 7.44. The van der Waals surface area contributed by atoms with E-state index in [4.69, 9.17) is 0 Å². The minimum Gasteiger partial charge on any atom is -0.205 e. The number of hydrogen-bond acceptors (Lipinski definition) is 0. The second-order valence-corrected chi connectivity index (χ2v) is 9.24. The molecular weight excluding hydrogens is 379 g/mol. The van der Waals surface area contributed by atoms with E-state index < -0.39 is 0 Å². The van der Waals surface area contributed by atoms with E-state index in [9.17, 15) is 0 Å². The zero-order chi connectivity index (χ0) is 21.6. The smallest absolute Gasteiger partial charge is 0.146 e. The third-order valence-electron chi connectivity index (χ3n) is 6.91. The highest BCUT2D eigenvalue weighted by molar-refractivity contribution is 5.85. The highest BCUT2D eigenvalue weighted by atomic mass is 19.1. The van der Waals surface area contributed by atoms with Crippen LogP contribution in [0.4, 0.5) is 4.39 Å². The van der Waals surface area contributed by atoms with E-state index in [1.54, 1.807) is 0 Å². The van der Waals surface area contributed by atoms with Gasteiger partial charge in [0.05, 0.1) is 5.56 Å². The van der Waals surface area contributed by atoms with Crippen molar-refractivity contribution in [1.29, 1.82) is 0 Å². The van der Waals surface area contributed by atoms with Crippen molar-refractivity contribution in [3.05, 3.63) is 82.7 Å². The molecule has 0 aromatic heterocycles. The highest BCUT2D eigenvalue weighted by Crippen LogP contribution is 2.38. The summed E-state index contributed by atoms with van der Waals surface area (Å²) in [5.41, 5.74) is 3.94. The molecule has 31 heavy (non-hydrogen) atoms. The summed E-state index contributed by atoms with van der Waals surface area (Å²) in [4.78, 5) is 0. The largest absolute Gasteiger partial charge is 0.205 e. The van der Waals surface area contributed by atoms with Gasteiger partial charge < -0.3 is 0 Å². The van der Waals surface area contributed by atoms with Gasteiger partial charge in [-0.1, -0.05) is 86.4 Å². The van der Waals surface area contributed by atoms with Crippen molar-refractivity contribution in [2.45, 2.75) is 71.1 Å². The SMILES string of the molecule is CCCCCC1CCC(c2ccc3c(F)c(C#Cc4ccc(C)cc4)ccc3c2)CC1. The summed E-state index contributed by atoms with van der Waals surface area (Å²) in [6.45, 7) is 4.33. The van der Waals surface area contributed by atoms with Crippen LogP contribution < -0.4 is 0 Å². The summed E-state index contributed by atoms with van der Waals surface area (Å²) >= 11 is 0. The molecule has 0 nitrogen and oxygen atoms in total. The topological polar surface area (TPSA) is 0 Å². The van der Waals surface area contributed by atoms with Crippen LogP contribution in [0.5, 0.6) is 0 Å². The Morgan fingerprint density at radius 2 is 1.65 bits per heavy atom. The quantitative estimate of drug-likeness (QED) is 0.291. The fraction of sp³-hybridized carbons (Fsp3) is 0.400. The van der Waals surface area contributed by atoms with Crippen LogP contribution in [-0.4, -0.2) is 0 Å². The van der Waals surface area contributed by atoms with Gasteiger partial charge in [-0.2, -0.15) is 0 Å². The van der Waals surface area contributed by atoms with Gasteiger partial charge in [0.25, 0.3) is 0 Å².